The van der Waals surface area contributed by atoms with Gasteiger partial charge >= 0.3 is 0 Å². The summed E-state index contributed by atoms with van der Waals surface area (Å²) < 4.78 is 27.7. The largest absolute Gasteiger partial charge is 0.376 e. The monoisotopic (exact) mass is 321 g/mol. The average molecular weight is 321 g/mol. The van der Waals surface area contributed by atoms with Crippen LogP contribution >= 0.6 is 0 Å². The maximum atomic E-state index is 13.8. The second-order valence-electron chi connectivity index (χ2n) is 5.22. The smallest absolute Gasteiger partial charge is 0.150 e. The molecule has 0 aliphatic heterocycles. The topological polar surface area (TPSA) is 48.7 Å². The molecule has 0 unspecified atom stereocenters. The van der Waals surface area contributed by atoms with Crippen LogP contribution in [0.3, 0.4) is 0 Å². The molecule has 1 N–H and O–H groups in total. The van der Waals surface area contributed by atoms with Gasteiger partial charge in [0.05, 0.1) is 11.6 Å². The first-order chi connectivity index (χ1) is 11.7. The summed E-state index contributed by atoms with van der Waals surface area (Å²) in [5.41, 5.74) is 2.62. The molecule has 0 bridgehead atoms. The third kappa shape index (κ3) is 3.39. The maximum absolute atomic E-state index is 13.8. The van der Waals surface area contributed by atoms with E-state index in [4.69, 9.17) is 5.26 Å². The molecule has 3 nitrogen and oxygen atoms in total. The molecule has 0 radical (unpaired) electrons. The maximum Gasteiger partial charge on any atom is 0.150 e. The lowest BCUT2D eigenvalue weighted by Gasteiger charge is -2.10. The van der Waals surface area contributed by atoms with Crippen LogP contribution in [0.25, 0.3) is 11.1 Å². The standard InChI is InChI=1S/C19H13F2N3/c20-17-8-14(10-22)9-18(21)19(17)24-11-13-3-5-15(6-4-13)16-2-1-7-23-12-16/h1-9,12,24H,11H2. The first kappa shape index (κ1) is 15.6. The fraction of sp³-hybridized carbons (Fsp3) is 0.0526. The molecule has 1 aromatic heterocycles. The van der Waals surface area contributed by atoms with Crippen LogP contribution in [0.15, 0.2) is 60.9 Å². The SMILES string of the molecule is N#Cc1cc(F)c(NCc2ccc(-c3cccnc3)cc2)c(F)c1. The van der Waals surface area contributed by atoms with Gasteiger partial charge in [0.1, 0.15) is 5.69 Å². The van der Waals surface area contributed by atoms with Crippen molar-refractivity contribution in [3.63, 3.8) is 0 Å². The fourth-order valence-corrected chi connectivity index (χ4v) is 2.35. The highest BCUT2D eigenvalue weighted by molar-refractivity contribution is 5.62. The lowest BCUT2D eigenvalue weighted by Crippen LogP contribution is -2.04. The van der Waals surface area contributed by atoms with Crippen LogP contribution in [-0.2, 0) is 6.54 Å². The van der Waals surface area contributed by atoms with Gasteiger partial charge in [-0.2, -0.15) is 5.26 Å². The molecule has 0 aliphatic rings. The number of nitrogens with one attached hydrogen (secondary N) is 1. The van der Waals surface area contributed by atoms with Gasteiger partial charge in [-0.25, -0.2) is 8.78 Å². The quantitative estimate of drug-likeness (QED) is 0.769. The predicted octanol–water partition coefficient (Wildman–Crippen LogP) is 4.51. The van der Waals surface area contributed by atoms with E-state index in [1.807, 2.05) is 36.4 Å². The van der Waals surface area contributed by atoms with Crippen molar-refractivity contribution in [1.82, 2.24) is 4.98 Å². The highest BCUT2D eigenvalue weighted by Gasteiger charge is 2.11. The van der Waals surface area contributed by atoms with Crippen molar-refractivity contribution in [1.29, 1.82) is 5.26 Å². The molecular formula is C19H13F2N3. The Morgan fingerprint density at radius 2 is 1.71 bits per heavy atom. The van der Waals surface area contributed by atoms with E-state index in [-0.39, 0.29) is 17.8 Å². The Kier molecular flexibility index (Phi) is 4.48. The molecule has 0 fully saturated rings. The number of hydrogen-bond donors (Lipinski definition) is 1. The van der Waals surface area contributed by atoms with Crippen molar-refractivity contribution >= 4 is 5.69 Å². The van der Waals surface area contributed by atoms with Crippen LogP contribution in [0, 0.1) is 23.0 Å². The summed E-state index contributed by atoms with van der Waals surface area (Å²) in [6.45, 7) is 0.271. The van der Waals surface area contributed by atoms with Gasteiger partial charge in [-0.05, 0) is 34.9 Å². The number of benzene rings is 2. The lowest BCUT2D eigenvalue weighted by molar-refractivity contribution is 0.587. The third-order valence-corrected chi connectivity index (χ3v) is 3.59. The van der Waals surface area contributed by atoms with Gasteiger partial charge in [0.15, 0.2) is 11.6 Å². The van der Waals surface area contributed by atoms with E-state index in [0.29, 0.717) is 0 Å². The van der Waals surface area contributed by atoms with Crippen LogP contribution in [0.1, 0.15) is 11.1 Å². The van der Waals surface area contributed by atoms with Gasteiger partial charge in [0.2, 0.25) is 0 Å². The Morgan fingerprint density at radius 3 is 2.29 bits per heavy atom. The lowest BCUT2D eigenvalue weighted by atomic mass is 10.1. The number of rotatable bonds is 4. The zero-order valence-corrected chi connectivity index (χ0v) is 12.6. The molecular weight excluding hydrogens is 308 g/mol. The number of pyridine rings is 1. The van der Waals surface area contributed by atoms with Crippen LogP contribution in [0.4, 0.5) is 14.5 Å². The first-order valence-electron chi connectivity index (χ1n) is 7.30. The van der Waals surface area contributed by atoms with Crippen molar-refractivity contribution in [2.75, 3.05) is 5.32 Å². The van der Waals surface area contributed by atoms with Crippen LogP contribution in [-0.4, -0.2) is 4.98 Å². The summed E-state index contributed by atoms with van der Waals surface area (Å²) >= 11 is 0. The normalized spacial score (nSPS) is 10.2. The zero-order chi connectivity index (χ0) is 16.9. The molecule has 3 aromatic rings. The molecule has 0 spiro atoms. The van der Waals surface area contributed by atoms with Gasteiger partial charge in [0.25, 0.3) is 0 Å². The highest BCUT2D eigenvalue weighted by Crippen LogP contribution is 2.22. The minimum Gasteiger partial charge on any atom is -0.376 e. The average Bonchev–Trinajstić information content (AvgIpc) is 2.62. The van der Waals surface area contributed by atoms with E-state index < -0.39 is 11.6 Å². The van der Waals surface area contributed by atoms with Gasteiger partial charge in [0, 0.05) is 18.9 Å². The molecule has 24 heavy (non-hydrogen) atoms. The highest BCUT2D eigenvalue weighted by atomic mass is 19.1. The van der Waals surface area contributed by atoms with Gasteiger partial charge < -0.3 is 5.32 Å². The van der Waals surface area contributed by atoms with E-state index in [1.54, 1.807) is 18.5 Å². The summed E-state index contributed by atoms with van der Waals surface area (Å²) in [6.07, 6.45) is 3.48. The van der Waals surface area contributed by atoms with E-state index >= 15 is 0 Å². The van der Waals surface area contributed by atoms with Crippen LogP contribution in [0.5, 0.6) is 0 Å². The van der Waals surface area contributed by atoms with E-state index in [0.717, 1.165) is 28.8 Å². The molecule has 118 valence electrons. The second-order valence-corrected chi connectivity index (χ2v) is 5.22. The fourth-order valence-electron chi connectivity index (χ4n) is 2.35. The van der Waals surface area contributed by atoms with Crippen molar-refractivity contribution in [3.05, 3.63) is 83.7 Å². The molecule has 5 heteroatoms. The van der Waals surface area contributed by atoms with E-state index in [9.17, 15) is 8.78 Å². The molecule has 3 rings (SSSR count). The van der Waals surface area contributed by atoms with E-state index in [2.05, 4.69) is 10.3 Å². The Hall–Kier alpha value is -3.26. The number of hydrogen-bond acceptors (Lipinski definition) is 3. The van der Waals surface area contributed by atoms with Crippen LogP contribution < -0.4 is 5.32 Å². The zero-order valence-electron chi connectivity index (χ0n) is 12.6. The van der Waals surface area contributed by atoms with Crippen molar-refractivity contribution < 1.29 is 8.78 Å². The first-order valence-corrected chi connectivity index (χ1v) is 7.30. The Bertz CT molecular complexity index is 862. The van der Waals surface area contributed by atoms with E-state index in [1.165, 1.54) is 0 Å². The molecule has 0 saturated carbocycles. The summed E-state index contributed by atoms with van der Waals surface area (Å²) in [4.78, 5) is 4.07. The summed E-state index contributed by atoms with van der Waals surface area (Å²) in [6, 6.07) is 15.2. The Morgan fingerprint density at radius 1 is 1.00 bits per heavy atom. The number of anilines is 1. The molecule has 0 atom stereocenters. The third-order valence-electron chi connectivity index (χ3n) is 3.59. The summed E-state index contributed by atoms with van der Waals surface area (Å²) in [5, 5.41) is 11.4. The Balaban J connectivity index is 1.73. The van der Waals surface area contributed by atoms with Crippen LogP contribution in [0.2, 0.25) is 0 Å². The molecule has 0 saturated heterocycles. The van der Waals surface area contributed by atoms with Gasteiger partial charge in [-0.1, -0.05) is 30.3 Å². The number of nitrogens with zero attached hydrogens (tertiary/aromatic N) is 2. The number of nitriles is 1. The minimum atomic E-state index is -0.779. The van der Waals surface area contributed by atoms with Crippen molar-refractivity contribution in [2.24, 2.45) is 0 Å². The minimum absolute atomic E-state index is 0.0450. The second kappa shape index (κ2) is 6.88. The van der Waals surface area contributed by atoms with Gasteiger partial charge in [-0.3, -0.25) is 4.98 Å². The number of halogens is 2. The molecule has 2 aromatic carbocycles. The van der Waals surface area contributed by atoms with Crippen molar-refractivity contribution in [3.8, 4) is 17.2 Å². The molecule has 0 aliphatic carbocycles. The molecule has 0 amide bonds. The summed E-state index contributed by atoms with van der Waals surface area (Å²) in [5.74, 6) is -1.56. The van der Waals surface area contributed by atoms with Crippen molar-refractivity contribution in [2.45, 2.75) is 6.54 Å². The van der Waals surface area contributed by atoms with Gasteiger partial charge in [-0.15, -0.1) is 0 Å². The predicted molar refractivity (Wildman–Crippen MR) is 88.1 cm³/mol. The number of aromatic nitrogens is 1. The summed E-state index contributed by atoms with van der Waals surface area (Å²) in [7, 11) is 0. The molecule has 1 heterocycles. The Labute approximate surface area is 138 Å².